The van der Waals surface area contributed by atoms with E-state index in [0.29, 0.717) is 6.42 Å². The molecule has 2 aromatic rings. The number of nitrogens with one attached hydrogen (secondary N) is 1. The van der Waals surface area contributed by atoms with E-state index in [9.17, 15) is 13.2 Å². The zero-order chi connectivity index (χ0) is 18.4. The summed E-state index contributed by atoms with van der Waals surface area (Å²) in [5, 5.41) is 3.90. The Bertz CT molecular complexity index is 946. The SMILES string of the molecule is C[C@@]1(NC(=O)Cn2c([C@H]3CCCO3)cc3cccnc32)CCS(=O)(=O)C1. The molecule has 7 nitrogen and oxygen atoms in total. The van der Waals surface area contributed by atoms with Gasteiger partial charge in [-0.25, -0.2) is 13.4 Å². The highest BCUT2D eigenvalue weighted by molar-refractivity contribution is 7.91. The summed E-state index contributed by atoms with van der Waals surface area (Å²) >= 11 is 0. The van der Waals surface area contributed by atoms with Gasteiger partial charge in [0.1, 0.15) is 12.2 Å². The quantitative estimate of drug-likeness (QED) is 0.874. The van der Waals surface area contributed by atoms with E-state index in [-0.39, 0.29) is 30.1 Å². The van der Waals surface area contributed by atoms with Gasteiger partial charge in [-0.2, -0.15) is 0 Å². The molecule has 2 aliphatic heterocycles. The van der Waals surface area contributed by atoms with Crippen LogP contribution in [0.2, 0.25) is 0 Å². The molecule has 2 saturated heterocycles. The summed E-state index contributed by atoms with van der Waals surface area (Å²) in [6, 6.07) is 5.88. The third kappa shape index (κ3) is 3.35. The maximum atomic E-state index is 12.7. The normalized spacial score (nSPS) is 27.8. The van der Waals surface area contributed by atoms with Crippen molar-refractivity contribution >= 4 is 26.8 Å². The molecule has 4 rings (SSSR count). The lowest BCUT2D eigenvalue weighted by molar-refractivity contribution is -0.123. The maximum Gasteiger partial charge on any atom is 0.240 e. The van der Waals surface area contributed by atoms with E-state index in [1.54, 1.807) is 13.1 Å². The van der Waals surface area contributed by atoms with Gasteiger partial charge in [-0.3, -0.25) is 4.79 Å². The first-order chi connectivity index (χ1) is 12.4. The number of nitrogens with zero attached hydrogens (tertiary/aromatic N) is 2. The predicted molar refractivity (Wildman–Crippen MR) is 97.5 cm³/mol. The number of rotatable bonds is 4. The van der Waals surface area contributed by atoms with Crippen LogP contribution in [0.5, 0.6) is 0 Å². The zero-order valence-electron chi connectivity index (χ0n) is 14.8. The summed E-state index contributed by atoms with van der Waals surface area (Å²) in [7, 11) is -3.07. The largest absolute Gasteiger partial charge is 0.372 e. The van der Waals surface area contributed by atoms with E-state index in [4.69, 9.17) is 4.74 Å². The summed E-state index contributed by atoms with van der Waals surface area (Å²) in [6.45, 7) is 2.62. The number of pyridine rings is 1. The zero-order valence-corrected chi connectivity index (χ0v) is 15.6. The second-order valence-electron chi connectivity index (χ2n) is 7.52. The van der Waals surface area contributed by atoms with Gasteiger partial charge in [0.2, 0.25) is 5.91 Å². The number of fused-ring (bicyclic) bond motifs is 1. The summed E-state index contributed by atoms with van der Waals surface area (Å²) in [5.41, 5.74) is 1.00. The molecule has 2 aliphatic rings. The Labute approximate surface area is 152 Å². The Morgan fingerprint density at radius 3 is 3.04 bits per heavy atom. The van der Waals surface area contributed by atoms with Crippen LogP contribution in [0.4, 0.5) is 0 Å². The first kappa shape index (κ1) is 17.5. The summed E-state index contributed by atoms with van der Waals surface area (Å²) in [6.07, 6.45) is 4.06. The molecule has 4 heterocycles. The van der Waals surface area contributed by atoms with Crippen LogP contribution in [-0.4, -0.2) is 47.5 Å². The third-order valence-corrected chi connectivity index (χ3v) is 7.10. The van der Waals surface area contributed by atoms with Gasteiger partial charge in [0.15, 0.2) is 9.84 Å². The smallest absolute Gasteiger partial charge is 0.240 e. The molecular formula is C18H23N3O4S. The molecule has 0 spiro atoms. The Balaban J connectivity index is 1.60. The minimum atomic E-state index is -3.07. The van der Waals surface area contributed by atoms with Gasteiger partial charge in [-0.1, -0.05) is 0 Å². The minimum Gasteiger partial charge on any atom is -0.372 e. The summed E-state index contributed by atoms with van der Waals surface area (Å²) < 4.78 is 31.2. The highest BCUT2D eigenvalue weighted by Crippen LogP contribution is 2.32. The Morgan fingerprint density at radius 1 is 1.50 bits per heavy atom. The van der Waals surface area contributed by atoms with Crippen LogP contribution in [0.3, 0.4) is 0 Å². The topological polar surface area (TPSA) is 90.3 Å². The van der Waals surface area contributed by atoms with Crippen molar-refractivity contribution in [3.05, 3.63) is 30.1 Å². The number of hydrogen-bond donors (Lipinski definition) is 1. The molecule has 2 fully saturated rings. The minimum absolute atomic E-state index is 0.00495. The number of aromatic nitrogens is 2. The second-order valence-corrected chi connectivity index (χ2v) is 9.71. The fraction of sp³-hybridized carbons (Fsp3) is 0.556. The van der Waals surface area contributed by atoms with Gasteiger partial charge < -0.3 is 14.6 Å². The number of ether oxygens (including phenoxy) is 1. The molecule has 0 aromatic carbocycles. The van der Waals surface area contributed by atoms with Crippen LogP contribution < -0.4 is 5.32 Å². The van der Waals surface area contributed by atoms with E-state index in [2.05, 4.69) is 10.3 Å². The van der Waals surface area contributed by atoms with E-state index in [0.717, 1.165) is 36.2 Å². The fourth-order valence-electron chi connectivity index (χ4n) is 3.98. The van der Waals surface area contributed by atoms with Gasteiger partial charge in [0.25, 0.3) is 0 Å². The van der Waals surface area contributed by atoms with Gasteiger partial charge >= 0.3 is 0 Å². The van der Waals surface area contributed by atoms with Crippen LogP contribution >= 0.6 is 0 Å². The molecule has 0 unspecified atom stereocenters. The standard InChI is InChI=1S/C18H23N3O4S/c1-18(6-9-26(23,24)12-18)20-16(22)11-21-14(15-5-3-8-25-15)10-13-4-2-7-19-17(13)21/h2,4,7,10,15H,3,5-6,8-9,11-12H2,1H3,(H,20,22)/t15-,18-/m1/s1. The van der Waals surface area contributed by atoms with Gasteiger partial charge in [0.05, 0.1) is 23.1 Å². The number of sulfone groups is 1. The number of hydrogen-bond acceptors (Lipinski definition) is 5. The van der Waals surface area contributed by atoms with Crippen LogP contribution in [-0.2, 0) is 25.9 Å². The number of carbonyl (C=O) groups is 1. The second kappa shape index (κ2) is 6.35. The first-order valence-corrected chi connectivity index (χ1v) is 10.7. The van der Waals surface area contributed by atoms with Crippen molar-refractivity contribution in [2.75, 3.05) is 18.1 Å². The molecule has 1 amide bonds. The van der Waals surface area contributed by atoms with Gasteiger partial charge in [-0.05, 0) is 44.4 Å². The molecule has 1 N–H and O–H groups in total. The Kier molecular flexibility index (Phi) is 4.27. The van der Waals surface area contributed by atoms with Crippen molar-refractivity contribution in [2.45, 2.75) is 44.4 Å². The van der Waals surface area contributed by atoms with Gasteiger partial charge in [0, 0.05) is 23.9 Å². The lowest BCUT2D eigenvalue weighted by Gasteiger charge is -2.24. The van der Waals surface area contributed by atoms with E-state index in [1.165, 1.54) is 0 Å². The number of carbonyl (C=O) groups excluding carboxylic acids is 1. The average molecular weight is 377 g/mol. The lowest BCUT2D eigenvalue weighted by Crippen LogP contribution is -2.48. The molecule has 8 heteroatoms. The van der Waals surface area contributed by atoms with Crippen molar-refractivity contribution < 1.29 is 17.9 Å². The van der Waals surface area contributed by atoms with E-state index < -0.39 is 15.4 Å². The molecular weight excluding hydrogens is 354 g/mol. The summed E-state index contributed by atoms with van der Waals surface area (Å²) in [5.74, 6) is -0.0828. The fourth-order valence-corrected chi connectivity index (χ4v) is 6.07. The van der Waals surface area contributed by atoms with Crippen molar-refractivity contribution in [1.29, 1.82) is 0 Å². The average Bonchev–Trinajstić information content (AvgIpc) is 3.26. The number of amides is 1. The highest BCUT2D eigenvalue weighted by Gasteiger charge is 2.39. The van der Waals surface area contributed by atoms with E-state index in [1.807, 2.05) is 22.8 Å². The molecule has 26 heavy (non-hydrogen) atoms. The van der Waals surface area contributed by atoms with Crippen molar-refractivity contribution in [2.24, 2.45) is 0 Å². The molecule has 2 atom stereocenters. The Hall–Kier alpha value is -1.93. The maximum absolute atomic E-state index is 12.7. The lowest BCUT2D eigenvalue weighted by atomic mass is 10.0. The monoisotopic (exact) mass is 377 g/mol. The van der Waals surface area contributed by atoms with Crippen molar-refractivity contribution in [3.8, 4) is 0 Å². The molecule has 0 saturated carbocycles. The highest BCUT2D eigenvalue weighted by atomic mass is 32.2. The third-order valence-electron chi connectivity index (χ3n) is 5.19. The first-order valence-electron chi connectivity index (χ1n) is 8.92. The molecule has 2 aromatic heterocycles. The molecule has 140 valence electrons. The Morgan fingerprint density at radius 2 is 2.35 bits per heavy atom. The summed E-state index contributed by atoms with van der Waals surface area (Å²) in [4.78, 5) is 17.1. The molecule has 0 aliphatic carbocycles. The van der Waals surface area contributed by atoms with Crippen molar-refractivity contribution in [1.82, 2.24) is 14.9 Å². The van der Waals surface area contributed by atoms with E-state index >= 15 is 0 Å². The van der Waals surface area contributed by atoms with Gasteiger partial charge in [-0.15, -0.1) is 0 Å². The molecule has 0 radical (unpaired) electrons. The van der Waals surface area contributed by atoms with Crippen LogP contribution in [0, 0.1) is 0 Å². The molecule has 0 bridgehead atoms. The van der Waals surface area contributed by atoms with Crippen LogP contribution in [0.25, 0.3) is 11.0 Å². The van der Waals surface area contributed by atoms with Crippen LogP contribution in [0.15, 0.2) is 24.4 Å². The van der Waals surface area contributed by atoms with Crippen molar-refractivity contribution in [3.63, 3.8) is 0 Å². The van der Waals surface area contributed by atoms with Crippen LogP contribution in [0.1, 0.15) is 38.0 Å². The predicted octanol–water partition coefficient (Wildman–Crippen LogP) is 1.58.